The zero-order valence-electron chi connectivity index (χ0n) is 14.1. The van der Waals surface area contributed by atoms with Gasteiger partial charge >= 0.3 is 0 Å². The monoisotopic (exact) mass is 484 g/mol. The fraction of sp³-hybridized carbons (Fsp3) is 0.222. The van der Waals surface area contributed by atoms with Crippen LogP contribution in [0.4, 0.5) is 5.69 Å². The lowest BCUT2D eigenvalue weighted by atomic mass is 10.1. The number of hydrogen-bond donors (Lipinski definition) is 2. The average Bonchev–Trinajstić information content (AvgIpc) is 2.49. The van der Waals surface area contributed by atoms with E-state index in [4.69, 9.17) is 17.0 Å². The van der Waals surface area contributed by atoms with E-state index in [1.807, 2.05) is 51.1 Å². The maximum absolute atomic E-state index is 12.1. The number of ether oxygens (including phenoxy) is 1. The first-order valence-electron chi connectivity index (χ1n) is 7.53. The molecule has 132 valence electrons. The molecule has 0 fully saturated rings. The third kappa shape index (κ3) is 5.80. The summed E-state index contributed by atoms with van der Waals surface area (Å²) in [7, 11) is 0. The lowest BCUT2D eigenvalue weighted by Gasteiger charge is -2.14. The summed E-state index contributed by atoms with van der Waals surface area (Å²) < 4.78 is 7.33. The van der Waals surface area contributed by atoms with Gasteiger partial charge < -0.3 is 10.1 Å². The van der Waals surface area contributed by atoms with Crippen LogP contribution in [-0.4, -0.2) is 17.6 Å². The van der Waals surface area contributed by atoms with Crippen LogP contribution in [0.15, 0.2) is 39.3 Å². The molecule has 7 heteroatoms. The van der Waals surface area contributed by atoms with Crippen molar-refractivity contribution < 1.29 is 9.53 Å². The topological polar surface area (TPSA) is 50.4 Å². The number of carbonyl (C=O) groups is 1. The minimum absolute atomic E-state index is 0.129. The first-order chi connectivity index (χ1) is 11.8. The molecule has 0 saturated carbocycles. The number of anilines is 1. The van der Waals surface area contributed by atoms with E-state index >= 15 is 0 Å². The van der Waals surface area contributed by atoms with Crippen molar-refractivity contribution in [1.82, 2.24) is 5.32 Å². The Morgan fingerprint density at radius 3 is 2.52 bits per heavy atom. The molecule has 2 aromatic rings. The molecule has 0 spiro atoms. The van der Waals surface area contributed by atoms with Crippen LogP contribution in [0.25, 0.3) is 0 Å². The van der Waals surface area contributed by atoms with Crippen molar-refractivity contribution in [3.05, 3.63) is 56.0 Å². The van der Waals surface area contributed by atoms with Crippen molar-refractivity contribution in [3.63, 3.8) is 0 Å². The summed E-state index contributed by atoms with van der Waals surface area (Å²) in [5, 5.41) is 5.91. The Bertz CT molecular complexity index is 802. The number of amides is 1. The van der Waals surface area contributed by atoms with E-state index in [-0.39, 0.29) is 17.6 Å². The Hall–Kier alpha value is -1.44. The minimum Gasteiger partial charge on any atom is -0.482 e. The van der Waals surface area contributed by atoms with Gasteiger partial charge in [-0.2, -0.15) is 0 Å². The highest BCUT2D eigenvalue weighted by molar-refractivity contribution is 9.11. The summed E-state index contributed by atoms with van der Waals surface area (Å²) in [4.78, 5) is 12.1. The molecule has 0 aliphatic carbocycles. The fourth-order valence-corrected chi connectivity index (χ4v) is 3.97. The van der Waals surface area contributed by atoms with E-state index in [2.05, 4.69) is 42.5 Å². The Morgan fingerprint density at radius 2 is 1.84 bits per heavy atom. The molecule has 0 unspecified atom stereocenters. The quantitative estimate of drug-likeness (QED) is 0.596. The van der Waals surface area contributed by atoms with Gasteiger partial charge in [-0.15, -0.1) is 0 Å². The Morgan fingerprint density at radius 1 is 1.12 bits per heavy atom. The van der Waals surface area contributed by atoms with Crippen LogP contribution in [0, 0.1) is 20.8 Å². The first-order valence-corrected chi connectivity index (χ1v) is 9.52. The van der Waals surface area contributed by atoms with Crippen LogP contribution < -0.4 is 15.4 Å². The third-order valence-electron chi connectivity index (χ3n) is 3.44. The largest absolute Gasteiger partial charge is 0.482 e. The standard InChI is InChI=1S/C18H18Br2N2O2S/c1-10-4-5-11(2)15(6-10)21-18(25)22-16(23)9-24-17-12(3)7-13(19)8-14(17)20/h4-8H,9H2,1-3H3,(H2,21,22,23,25). The molecule has 2 rings (SSSR count). The maximum atomic E-state index is 12.1. The summed E-state index contributed by atoms with van der Waals surface area (Å²) in [6.45, 7) is 5.76. The highest BCUT2D eigenvalue weighted by Gasteiger charge is 2.11. The van der Waals surface area contributed by atoms with E-state index < -0.39 is 0 Å². The van der Waals surface area contributed by atoms with Gasteiger partial charge in [0.15, 0.2) is 11.7 Å². The highest BCUT2D eigenvalue weighted by Crippen LogP contribution is 2.32. The van der Waals surface area contributed by atoms with Gasteiger partial charge in [0, 0.05) is 10.2 Å². The van der Waals surface area contributed by atoms with Crippen LogP contribution in [-0.2, 0) is 4.79 Å². The van der Waals surface area contributed by atoms with Crippen LogP contribution >= 0.6 is 44.1 Å². The molecule has 0 aromatic heterocycles. The van der Waals surface area contributed by atoms with Gasteiger partial charge in [0.1, 0.15) is 5.75 Å². The normalized spacial score (nSPS) is 10.3. The van der Waals surface area contributed by atoms with E-state index in [1.54, 1.807) is 0 Å². The summed E-state index contributed by atoms with van der Waals surface area (Å²) in [5.41, 5.74) is 3.96. The molecule has 0 radical (unpaired) electrons. The predicted octanol–water partition coefficient (Wildman–Crippen LogP) is 5.03. The van der Waals surface area contributed by atoms with E-state index in [0.717, 1.165) is 31.3 Å². The molecule has 0 aliphatic heterocycles. The fourth-order valence-electron chi connectivity index (χ4n) is 2.20. The SMILES string of the molecule is Cc1ccc(C)c(NC(=S)NC(=O)COc2c(C)cc(Br)cc2Br)c1. The van der Waals surface area contributed by atoms with E-state index in [1.165, 1.54) is 0 Å². The molecule has 25 heavy (non-hydrogen) atoms. The summed E-state index contributed by atoms with van der Waals surface area (Å²) in [6.07, 6.45) is 0. The summed E-state index contributed by atoms with van der Waals surface area (Å²) in [6, 6.07) is 9.79. The lowest BCUT2D eigenvalue weighted by Crippen LogP contribution is -2.37. The predicted molar refractivity (Wildman–Crippen MR) is 112 cm³/mol. The minimum atomic E-state index is -0.322. The molecule has 1 amide bonds. The number of thiocarbonyl (C=S) groups is 1. The Labute approximate surface area is 169 Å². The van der Waals surface area contributed by atoms with E-state index in [0.29, 0.717) is 5.75 Å². The van der Waals surface area contributed by atoms with Gasteiger partial charge in [-0.05, 0) is 83.8 Å². The van der Waals surface area contributed by atoms with E-state index in [9.17, 15) is 4.79 Å². The molecule has 0 atom stereocenters. The maximum Gasteiger partial charge on any atom is 0.264 e. The molecule has 0 bridgehead atoms. The molecule has 0 aliphatic rings. The summed E-state index contributed by atoms with van der Waals surface area (Å²) in [5.74, 6) is 0.309. The van der Waals surface area contributed by atoms with Gasteiger partial charge in [-0.3, -0.25) is 10.1 Å². The third-order valence-corrected chi connectivity index (χ3v) is 4.69. The molecule has 0 heterocycles. The number of rotatable bonds is 4. The molecule has 4 nitrogen and oxygen atoms in total. The molecular formula is C18H18Br2N2O2S. The van der Waals surface area contributed by atoms with Gasteiger partial charge in [0.05, 0.1) is 4.47 Å². The lowest BCUT2D eigenvalue weighted by molar-refractivity contribution is -0.121. The van der Waals surface area contributed by atoms with Gasteiger partial charge in [-0.1, -0.05) is 28.1 Å². The average molecular weight is 486 g/mol. The molecule has 0 saturated heterocycles. The second-order valence-electron chi connectivity index (χ2n) is 5.64. The molecule has 2 N–H and O–H groups in total. The first kappa shape index (κ1) is 19.9. The second kappa shape index (κ2) is 8.78. The van der Waals surface area contributed by atoms with Crippen LogP contribution in [0.3, 0.4) is 0 Å². The van der Waals surface area contributed by atoms with Gasteiger partial charge in [0.2, 0.25) is 0 Å². The van der Waals surface area contributed by atoms with Crippen molar-refractivity contribution >= 4 is 60.8 Å². The van der Waals surface area contributed by atoms with Crippen molar-refractivity contribution in [3.8, 4) is 5.75 Å². The van der Waals surface area contributed by atoms with Crippen LogP contribution in [0.5, 0.6) is 5.75 Å². The Kier molecular flexibility index (Phi) is 6.98. The molecular weight excluding hydrogens is 468 g/mol. The zero-order valence-corrected chi connectivity index (χ0v) is 18.1. The number of hydrogen-bond acceptors (Lipinski definition) is 3. The number of benzene rings is 2. The highest BCUT2D eigenvalue weighted by atomic mass is 79.9. The van der Waals surface area contributed by atoms with Crippen molar-refractivity contribution in [2.45, 2.75) is 20.8 Å². The number of carbonyl (C=O) groups excluding carboxylic acids is 1. The van der Waals surface area contributed by atoms with Crippen molar-refractivity contribution in [2.24, 2.45) is 0 Å². The number of aryl methyl sites for hydroxylation is 3. The summed E-state index contributed by atoms with van der Waals surface area (Å²) >= 11 is 12.0. The zero-order chi connectivity index (χ0) is 18.6. The van der Waals surface area contributed by atoms with Crippen molar-refractivity contribution in [1.29, 1.82) is 0 Å². The second-order valence-corrected chi connectivity index (χ2v) is 7.82. The van der Waals surface area contributed by atoms with Crippen LogP contribution in [0.2, 0.25) is 0 Å². The molecule has 2 aromatic carbocycles. The van der Waals surface area contributed by atoms with Gasteiger partial charge in [0.25, 0.3) is 5.91 Å². The number of nitrogens with one attached hydrogen (secondary N) is 2. The van der Waals surface area contributed by atoms with Crippen LogP contribution in [0.1, 0.15) is 16.7 Å². The smallest absolute Gasteiger partial charge is 0.264 e. The van der Waals surface area contributed by atoms with Gasteiger partial charge in [-0.25, -0.2) is 0 Å². The van der Waals surface area contributed by atoms with Crippen molar-refractivity contribution in [2.75, 3.05) is 11.9 Å². The number of halogens is 2. The Balaban J connectivity index is 1.92.